The van der Waals surface area contributed by atoms with Crippen LogP contribution in [0.1, 0.15) is 12.7 Å². The first-order chi connectivity index (χ1) is 7.59. The zero-order chi connectivity index (χ0) is 12.0. The highest BCUT2D eigenvalue weighted by molar-refractivity contribution is 5.77. The van der Waals surface area contributed by atoms with Crippen LogP contribution in [0.5, 0.6) is 0 Å². The van der Waals surface area contributed by atoms with E-state index in [-0.39, 0.29) is 18.2 Å². The number of hydrogen-bond donors (Lipinski definition) is 2. The van der Waals surface area contributed by atoms with Gasteiger partial charge in [-0.05, 0) is 10.4 Å². The van der Waals surface area contributed by atoms with Gasteiger partial charge < -0.3 is 10.6 Å². The number of tetrazole rings is 1. The molecule has 0 fully saturated rings. The second kappa shape index (κ2) is 5.79. The molecule has 0 saturated heterocycles. The molecule has 0 radical (unpaired) electrons. The van der Waals surface area contributed by atoms with Crippen LogP contribution >= 0.6 is 0 Å². The molecule has 0 aromatic carbocycles. The Morgan fingerprint density at radius 1 is 1.31 bits per heavy atom. The molecule has 2 N–H and O–H groups in total. The van der Waals surface area contributed by atoms with Crippen LogP contribution in [0, 0.1) is 0 Å². The standard InChI is InChI=1S/C8H14N6O2/c1-6(15)9-3-4-10-8(16)5-7-11-12-13-14(7)2/h3-5H2,1-2H3,(H,9,15)(H,10,16). The summed E-state index contributed by atoms with van der Waals surface area (Å²) in [5, 5.41) is 15.9. The summed E-state index contributed by atoms with van der Waals surface area (Å²) in [5.41, 5.74) is 0. The van der Waals surface area contributed by atoms with Crippen molar-refractivity contribution in [2.24, 2.45) is 7.05 Å². The maximum Gasteiger partial charge on any atom is 0.227 e. The van der Waals surface area contributed by atoms with E-state index >= 15 is 0 Å². The van der Waals surface area contributed by atoms with Gasteiger partial charge in [-0.2, -0.15) is 0 Å². The number of aromatic nitrogens is 4. The molecule has 8 heteroatoms. The highest BCUT2D eigenvalue weighted by Gasteiger charge is 2.08. The molecule has 0 atom stereocenters. The van der Waals surface area contributed by atoms with E-state index < -0.39 is 0 Å². The molecule has 0 bridgehead atoms. The molecule has 1 aromatic rings. The van der Waals surface area contributed by atoms with Crippen molar-refractivity contribution in [2.45, 2.75) is 13.3 Å². The van der Waals surface area contributed by atoms with Crippen LogP contribution in [0.2, 0.25) is 0 Å². The van der Waals surface area contributed by atoms with E-state index in [2.05, 4.69) is 26.2 Å². The summed E-state index contributed by atoms with van der Waals surface area (Å²) < 4.78 is 1.44. The summed E-state index contributed by atoms with van der Waals surface area (Å²) in [6.45, 7) is 2.23. The van der Waals surface area contributed by atoms with Crippen LogP contribution in [-0.4, -0.2) is 45.1 Å². The van der Waals surface area contributed by atoms with Gasteiger partial charge in [0, 0.05) is 27.1 Å². The number of hydrogen-bond acceptors (Lipinski definition) is 5. The van der Waals surface area contributed by atoms with Crippen molar-refractivity contribution in [1.82, 2.24) is 30.8 Å². The number of nitrogens with zero attached hydrogens (tertiary/aromatic N) is 4. The molecule has 0 aliphatic heterocycles. The number of carbonyl (C=O) groups is 2. The topological polar surface area (TPSA) is 102 Å². The average Bonchev–Trinajstić information content (AvgIpc) is 2.59. The lowest BCUT2D eigenvalue weighted by Gasteiger charge is -2.04. The Morgan fingerprint density at radius 2 is 2.00 bits per heavy atom. The Balaban J connectivity index is 2.21. The van der Waals surface area contributed by atoms with Crippen LogP contribution in [0.4, 0.5) is 0 Å². The highest BCUT2D eigenvalue weighted by Crippen LogP contribution is 1.89. The molecule has 2 amide bonds. The zero-order valence-electron chi connectivity index (χ0n) is 9.23. The largest absolute Gasteiger partial charge is 0.355 e. The van der Waals surface area contributed by atoms with E-state index in [4.69, 9.17) is 0 Å². The molecule has 0 spiro atoms. The number of carbonyl (C=O) groups excluding carboxylic acids is 2. The molecular weight excluding hydrogens is 212 g/mol. The molecule has 88 valence electrons. The van der Waals surface area contributed by atoms with Gasteiger partial charge in [0.25, 0.3) is 0 Å². The quantitative estimate of drug-likeness (QED) is 0.566. The molecular formula is C8H14N6O2. The van der Waals surface area contributed by atoms with Gasteiger partial charge in [0.1, 0.15) is 0 Å². The lowest BCUT2D eigenvalue weighted by atomic mass is 10.4. The van der Waals surface area contributed by atoms with Gasteiger partial charge in [0.05, 0.1) is 6.42 Å². The van der Waals surface area contributed by atoms with Gasteiger partial charge in [-0.25, -0.2) is 4.68 Å². The fourth-order valence-electron chi connectivity index (χ4n) is 1.04. The number of nitrogens with one attached hydrogen (secondary N) is 2. The predicted octanol–water partition coefficient (Wildman–Crippen LogP) is -2.00. The highest BCUT2D eigenvalue weighted by atomic mass is 16.2. The third-order valence-corrected chi connectivity index (χ3v) is 1.85. The van der Waals surface area contributed by atoms with E-state index in [1.54, 1.807) is 7.05 Å². The normalized spacial score (nSPS) is 9.88. The van der Waals surface area contributed by atoms with Crippen molar-refractivity contribution in [3.63, 3.8) is 0 Å². The molecule has 1 rings (SSSR count). The minimum absolute atomic E-state index is 0.119. The van der Waals surface area contributed by atoms with Crippen LogP contribution in [0.15, 0.2) is 0 Å². The van der Waals surface area contributed by atoms with Gasteiger partial charge in [0.15, 0.2) is 5.82 Å². The van der Waals surface area contributed by atoms with E-state index in [1.165, 1.54) is 11.6 Å². The molecule has 0 aliphatic carbocycles. The minimum atomic E-state index is -0.178. The molecule has 0 saturated carbocycles. The van der Waals surface area contributed by atoms with Gasteiger partial charge in [-0.1, -0.05) is 0 Å². The summed E-state index contributed by atoms with van der Waals surface area (Å²) in [6, 6.07) is 0. The summed E-state index contributed by atoms with van der Waals surface area (Å²) in [6.07, 6.45) is 0.129. The van der Waals surface area contributed by atoms with Crippen LogP contribution in [0.3, 0.4) is 0 Å². The Morgan fingerprint density at radius 3 is 2.56 bits per heavy atom. The lowest BCUT2D eigenvalue weighted by Crippen LogP contribution is -2.34. The third kappa shape index (κ3) is 4.03. The fraction of sp³-hybridized carbons (Fsp3) is 0.625. The van der Waals surface area contributed by atoms with Crippen molar-refractivity contribution >= 4 is 11.8 Å². The van der Waals surface area contributed by atoms with Crippen molar-refractivity contribution < 1.29 is 9.59 Å². The third-order valence-electron chi connectivity index (χ3n) is 1.85. The Bertz CT molecular complexity index is 374. The maximum absolute atomic E-state index is 11.4. The fourth-order valence-corrected chi connectivity index (χ4v) is 1.04. The van der Waals surface area contributed by atoms with Crippen molar-refractivity contribution in [3.8, 4) is 0 Å². The van der Waals surface area contributed by atoms with Gasteiger partial charge in [-0.15, -0.1) is 5.10 Å². The summed E-state index contributed by atoms with van der Waals surface area (Å²) in [7, 11) is 1.67. The number of amides is 2. The molecule has 1 heterocycles. The van der Waals surface area contributed by atoms with Crippen molar-refractivity contribution in [2.75, 3.05) is 13.1 Å². The van der Waals surface area contributed by atoms with Crippen LogP contribution < -0.4 is 10.6 Å². The monoisotopic (exact) mass is 226 g/mol. The second-order valence-electron chi connectivity index (χ2n) is 3.23. The molecule has 16 heavy (non-hydrogen) atoms. The molecule has 1 aromatic heterocycles. The summed E-state index contributed by atoms with van der Waals surface area (Å²) >= 11 is 0. The SMILES string of the molecule is CC(=O)NCCNC(=O)Cc1nnnn1C. The number of rotatable bonds is 5. The van der Waals surface area contributed by atoms with E-state index in [0.717, 1.165) is 0 Å². The van der Waals surface area contributed by atoms with Gasteiger partial charge in [-0.3, -0.25) is 9.59 Å². The first-order valence-corrected chi connectivity index (χ1v) is 4.82. The van der Waals surface area contributed by atoms with E-state index in [0.29, 0.717) is 18.9 Å². The molecule has 0 unspecified atom stereocenters. The van der Waals surface area contributed by atoms with E-state index in [9.17, 15) is 9.59 Å². The lowest BCUT2D eigenvalue weighted by molar-refractivity contribution is -0.121. The summed E-state index contributed by atoms with van der Waals surface area (Å²) in [5.74, 6) is 0.201. The Kier molecular flexibility index (Phi) is 4.37. The summed E-state index contributed by atoms with van der Waals surface area (Å²) in [4.78, 5) is 21.9. The predicted molar refractivity (Wildman–Crippen MR) is 54.2 cm³/mol. The van der Waals surface area contributed by atoms with Crippen molar-refractivity contribution in [3.05, 3.63) is 5.82 Å². The first-order valence-electron chi connectivity index (χ1n) is 4.82. The van der Waals surface area contributed by atoms with Crippen LogP contribution in [0.25, 0.3) is 0 Å². The van der Waals surface area contributed by atoms with Crippen LogP contribution in [-0.2, 0) is 23.1 Å². The van der Waals surface area contributed by atoms with Gasteiger partial charge >= 0.3 is 0 Å². The Hall–Kier alpha value is -1.99. The van der Waals surface area contributed by atoms with Gasteiger partial charge in [0.2, 0.25) is 11.8 Å². The minimum Gasteiger partial charge on any atom is -0.355 e. The zero-order valence-corrected chi connectivity index (χ0v) is 9.23. The molecule has 0 aliphatic rings. The average molecular weight is 226 g/mol. The number of aryl methyl sites for hydroxylation is 1. The second-order valence-corrected chi connectivity index (χ2v) is 3.23. The smallest absolute Gasteiger partial charge is 0.227 e. The van der Waals surface area contributed by atoms with E-state index in [1.807, 2.05) is 0 Å². The molecule has 8 nitrogen and oxygen atoms in total. The maximum atomic E-state index is 11.4. The first kappa shape index (κ1) is 12.1. The van der Waals surface area contributed by atoms with Crippen molar-refractivity contribution in [1.29, 1.82) is 0 Å². The Labute approximate surface area is 92.4 Å².